The van der Waals surface area contributed by atoms with Crippen LogP contribution in [0.1, 0.15) is 85.0 Å². The minimum atomic E-state index is -0.822. The summed E-state index contributed by atoms with van der Waals surface area (Å²) in [6, 6.07) is 0. The van der Waals surface area contributed by atoms with Crippen molar-refractivity contribution < 1.29 is 28.9 Å². The fourth-order valence-electron chi connectivity index (χ4n) is 8.26. The number of fused-ring (bicyclic) bond motifs is 5. The second-order valence-corrected chi connectivity index (χ2v) is 11.7. The van der Waals surface area contributed by atoms with E-state index >= 15 is 0 Å². The fourth-order valence-corrected chi connectivity index (χ4v) is 8.26. The summed E-state index contributed by atoms with van der Waals surface area (Å²) in [5.41, 5.74) is 2.55. The first kappa shape index (κ1) is 24.2. The lowest BCUT2D eigenvalue weighted by atomic mass is 9.46. The Bertz CT molecular complexity index is 1000. The molecule has 1 heterocycles. The smallest absolute Gasteiger partial charge is 0.373 e. The molecule has 2 amide bonds. The quantitative estimate of drug-likeness (QED) is 0.429. The summed E-state index contributed by atoms with van der Waals surface area (Å²) < 4.78 is 0. The molecule has 8 nitrogen and oxygen atoms in total. The summed E-state index contributed by atoms with van der Waals surface area (Å²) in [5, 5.41) is 4.69. The van der Waals surface area contributed by atoms with Crippen LogP contribution in [0.15, 0.2) is 16.8 Å². The number of oxime groups is 1. The van der Waals surface area contributed by atoms with Crippen molar-refractivity contribution in [3.05, 3.63) is 11.6 Å². The highest BCUT2D eigenvalue weighted by Gasteiger charge is 2.59. The number of imide groups is 1. The maximum atomic E-state index is 12.3. The number of nitrogens with zero attached hydrogens (tertiary/aromatic N) is 2. The number of amides is 2. The summed E-state index contributed by atoms with van der Waals surface area (Å²) in [6.45, 7) is 6.12. The van der Waals surface area contributed by atoms with Gasteiger partial charge in [0.25, 0.3) is 11.8 Å². The van der Waals surface area contributed by atoms with Crippen molar-refractivity contribution in [3.8, 4) is 0 Å². The Morgan fingerprint density at radius 1 is 1.00 bits per heavy atom. The van der Waals surface area contributed by atoms with E-state index in [9.17, 15) is 19.2 Å². The zero-order chi connectivity index (χ0) is 25.0. The molecule has 3 saturated carbocycles. The van der Waals surface area contributed by atoms with E-state index in [0.29, 0.717) is 28.6 Å². The van der Waals surface area contributed by atoms with Crippen LogP contribution in [0.25, 0.3) is 0 Å². The molecule has 6 atom stereocenters. The van der Waals surface area contributed by atoms with Crippen molar-refractivity contribution in [1.29, 1.82) is 0 Å². The standard InChI is InChI=1S/C27H36N2O6/c1-16(30)20-6-7-21-19-5-4-17-14-18(10-12-26(17,2)22(19)11-13-27(20,21)3)28-34-15-25(33)35-29-23(31)8-9-24(29)32/h14,19-22H,4-13,15H2,1-3H3. The lowest BCUT2D eigenvalue weighted by Gasteiger charge is -2.58. The lowest BCUT2D eigenvalue weighted by molar-refractivity contribution is -0.200. The minimum Gasteiger partial charge on any atom is -0.383 e. The molecule has 1 aliphatic heterocycles. The van der Waals surface area contributed by atoms with Gasteiger partial charge in [-0.1, -0.05) is 24.6 Å². The Hall–Kier alpha value is -2.51. The molecule has 4 aliphatic carbocycles. The Kier molecular flexibility index (Phi) is 6.12. The second-order valence-electron chi connectivity index (χ2n) is 11.7. The van der Waals surface area contributed by atoms with Crippen LogP contribution in [0.3, 0.4) is 0 Å². The van der Waals surface area contributed by atoms with Gasteiger partial charge in [-0.3, -0.25) is 14.4 Å². The maximum Gasteiger partial charge on any atom is 0.373 e. The van der Waals surface area contributed by atoms with Gasteiger partial charge in [0.15, 0.2) is 0 Å². The fraction of sp³-hybridized carbons (Fsp3) is 0.741. The number of Topliss-reactive ketones (excluding diaryl/α,β-unsaturated/α-hetero) is 1. The Morgan fingerprint density at radius 3 is 2.46 bits per heavy atom. The molecule has 0 radical (unpaired) electrons. The van der Waals surface area contributed by atoms with Crippen LogP contribution >= 0.6 is 0 Å². The zero-order valence-electron chi connectivity index (χ0n) is 21.0. The number of carbonyl (C=O) groups is 4. The molecule has 1 saturated heterocycles. The van der Waals surface area contributed by atoms with Gasteiger partial charge in [0, 0.05) is 18.8 Å². The molecule has 6 unspecified atom stereocenters. The van der Waals surface area contributed by atoms with Gasteiger partial charge < -0.3 is 9.68 Å². The molecule has 35 heavy (non-hydrogen) atoms. The number of carbonyl (C=O) groups excluding carboxylic acids is 4. The summed E-state index contributed by atoms with van der Waals surface area (Å²) in [4.78, 5) is 57.5. The normalized spacial score (nSPS) is 39.6. The number of allylic oxidation sites excluding steroid dienone is 2. The summed E-state index contributed by atoms with van der Waals surface area (Å²) in [7, 11) is 0. The average molecular weight is 485 g/mol. The van der Waals surface area contributed by atoms with Gasteiger partial charge in [0.05, 0.1) is 5.71 Å². The van der Waals surface area contributed by atoms with Crippen LogP contribution in [0.5, 0.6) is 0 Å². The van der Waals surface area contributed by atoms with Crippen molar-refractivity contribution in [1.82, 2.24) is 5.06 Å². The van der Waals surface area contributed by atoms with Gasteiger partial charge in [-0.2, -0.15) is 0 Å². The monoisotopic (exact) mass is 484 g/mol. The number of hydroxylamine groups is 2. The van der Waals surface area contributed by atoms with Crippen LogP contribution in [0, 0.1) is 34.5 Å². The Morgan fingerprint density at radius 2 is 1.74 bits per heavy atom. The van der Waals surface area contributed by atoms with Crippen LogP contribution < -0.4 is 0 Å². The third-order valence-electron chi connectivity index (χ3n) is 10.0. The molecule has 190 valence electrons. The molecular weight excluding hydrogens is 448 g/mol. The van der Waals surface area contributed by atoms with E-state index in [1.807, 2.05) is 0 Å². The van der Waals surface area contributed by atoms with Gasteiger partial charge in [0.1, 0.15) is 5.78 Å². The van der Waals surface area contributed by atoms with Crippen molar-refractivity contribution in [3.63, 3.8) is 0 Å². The molecule has 0 spiro atoms. The van der Waals surface area contributed by atoms with Gasteiger partial charge in [-0.05, 0) is 93.0 Å². The van der Waals surface area contributed by atoms with Crippen molar-refractivity contribution >= 4 is 29.3 Å². The summed E-state index contributed by atoms with van der Waals surface area (Å²) >= 11 is 0. The van der Waals surface area contributed by atoms with Crippen LogP contribution in [-0.4, -0.2) is 40.9 Å². The largest absolute Gasteiger partial charge is 0.383 e. The highest BCUT2D eigenvalue weighted by molar-refractivity contribution is 6.01. The average Bonchev–Trinajstić information content (AvgIpc) is 3.33. The van der Waals surface area contributed by atoms with Gasteiger partial charge in [-0.25, -0.2) is 4.79 Å². The first-order valence-electron chi connectivity index (χ1n) is 13.1. The molecule has 0 aromatic heterocycles. The number of hydrogen-bond donors (Lipinski definition) is 0. The molecule has 4 fully saturated rings. The van der Waals surface area contributed by atoms with Crippen LogP contribution in [-0.2, 0) is 28.9 Å². The van der Waals surface area contributed by atoms with Gasteiger partial charge >= 0.3 is 5.97 Å². The molecule has 5 aliphatic rings. The first-order valence-corrected chi connectivity index (χ1v) is 13.1. The van der Waals surface area contributed by atoms with Crippen LogP contribution in [0.4, 0.5) is 0 Å². The predicted octanol–water partition coefficient (Wildman–Crippen LogP) is 4.13. The van der Waals surface area contributed by atoms with E-state index in [-0.39, 0.29) is 29.6 Å². The topological polar surface area (TPSA) is 102 Å². The van der Waals surface area contributed by atoms with Crippen molar-refractivity contribution in [2.45, 2.75) is 85.0 Å². The SMILES string of the molecule is CC(=O)C1CCC2C3CCC4=CC(=NOCC(=O)ON5C(=O)CCC5=O)CCC4(C)C3CCC12C. The molecular formula is C27H36N2O6. The zero-order valence-corrected chi connectivity index (χ0v) is 21.0. The molecule has 8 heteroatoms. The first-order chi connectivity index (χ1) is 16.6. The van der Waals surface area contributed by atoms with Gasteiger partial charge in [-0.15, -0.1) is 5.06 Å². The molecule has 0 aromatic carbocycles. The van der Waals surface area contributed by atoms with E-state index in [1.165, 1.54) is 18.4 Å². The van der Waals surface area contributed by atoms with Crippen LogP contribution in [0.2, 0.25) is 0 Å². The van der Waals surface area contributed by atoms with Gasteiger partial charge in [0.2, 0.25) is 6.61 Å². The third-order valence-corrected chi connectivity index (χ3v) is 10.0. The summed E-state index contributed by atoms with van der Waals surface area (Å²) in [6.07, 6.45) is 10.8. The number of rotatable bonds is 5. The van der Waals surface area contributed by atoms with E-state index in [2.05, 4.69) is 25.1 Å². The third kappa shape index (κ3) is 4.02. The molecule has 0 bridgehead atoms. The second kappa shape index (κ2) is 8.86. The highest BCUT2D eigenvalue weighted by atomic mass is 16.7. The predicted molar refractivity (Wildman–Crippen MR) is 126 cm³/mol. The molecule has 0 N–H and O–H groups in total. The Balaban J connectivity index is 1.22. The highest BCUT2D eigenvalue weighted by Crippen LogP contribution is 2.66. The molecule has 5 rings (SSSR count). The lowest BCUT2D eigenvalue weighted by Crippen LogP contribution is -2.51. The summed E-state index contributed by atoms with van der Waals surface area (Å²) in [5.74, 6) is 0.716. The molecule has 0 aromatic rings. The van der Waals surface area contributed by atoms with Crippen molar-refractivity contribution in [2.75, 3.05) is 6.61 Å². The number of hydrogen-bond acceptors (Lipinski definition) is 7. The number of ketones is 1. The van der Waals surface area contributed by atoms with E-state index in [1.54, 1.807) is 6.92 Å². The maximum absolute atomic E-state index is 12.3. The van der Waals surface area contributed by atoms with Crippen molar-refractivity contribution in [2.24, 2.45) is 39.7 Å². The minimum absolute atomic E-state index is 0.0563. The van der Waals surface area contributed by atoms with E-state index in [0.717, 1.165) is 44.2 Å². The van der Waals surface area contributed by atoms with E-state index < -0.39 is 24.4 Å². The van der Waals surface area contributed by atoms with E-state index in [4.69, 9.17) is 9.68 Å². The Labute approximate surface area is 206 Å².